The zero-order chi connectivity index (χ0) is 20.4. The van der Waals surface area contributed by atoms with Crippen LogP contribution in [-0.4, -0.2) is 68.1 Å². The summed E-state index contributed by atoms with van der Waals surface area (Å²) in [6, 6.07) is 1.92. The van der Waals surface area contributed by atoms with Gasteiger partial charge in [0, 0.05) is 24.8 Å². The largest absolute Gasteiger partial charge is 0.477 e. The SMILES string of the molecule is CCOc1nc(Nc2cnn(CC(C)(C)N3CCOCC3)c2C)nc2[nH]ccc12. The van der Waals surface area contributed by atoms with E-state index in [1.807, 2.05) is 30.1 Å². The van der Waals surface area contributed by atoms with E-state index in [0.717, 1.165) is 55.3 Å². The Morgan fingerprint density at radius 1 is 1.28 bits per heavy atom. The van der Waals surface area contributed by atoms with Crippen molar-refractivity contribution < 1.29 is 9.47 Å². The number of aromatic nitrogens is 5. The van der Waals surface area contributed by atoms with Crippen molar-refractivity contribution in [1.29, 1.82) is 0 Å². The minimum Gasteiger partial charge on any atom is -0.477 e. The van der Waals surface area contributed by atoms with E-state index in [0.29, 0.717) is 18.4 Å². The van der Waals surface area contributed by atoms with Crippen LogP contribution < -0.4 is 10.1 Å². The molecule has 3 aromatic rings. The predicted molar refractivity (Wildman–Crippen MR) is 112 cm³/mol. The molecule has 29 heavy (non-hydrogen) atoms. The fourth-order valence-corrected chi connectivity index (χ4v) is 3.70. The van der Waals surface area contributed by atoms with E-state index in [2.05, 4.69) is 51.0 Å². The number of morpholine rings is 1. The molecule has 2 N–H and O–H groups in total. The Labute approximate surface area is 170 Å². The highest BCUT2D eigenvalue weighted by molar-refractivity contribution is 5.82. The van der Waals surface area contributed by atoms with Crippen molar-refractivity contribution in [1.82, 2.24) is 29.6 Å². The molecule has 3 aromatic heterocycles. The third-order valence-corrected chi connectivity index (χ3v) is 5.42. The van der Waals surface area contributed by atoms with Crippen LogP contribution in [0, 0.1) is 6.92 Å². The molecule has 0 atom stereocenters. The van der Waals surface area contributed by atoms with Gasteiger partial charge >= 0.3 is 0 Å². The van der Waals surface area contributed by atoms with Crippen molar-refractivity contribution >= 4 is 22.7 Å². The molecule has 9 heteroatoms. The zero-order valence-corrected chi connectivity index (χ0v) is 17.5. The lowest BCUT2D eigenvalue weighted by atomic mass is 10.0. The van der Waals surface area contributed by atoms with Crippen molar-refractivity contribution in [3.8, 4) is 5.88 Å². The number of anilines is 2. The lowest BCUT2D eigenvalue weighted by Crippen LogP contribution is -2.52. The van der Waals surface area contributed by atoms with E-state index in [9.17, 15) is 0 Å². The summed E-state index contributed by atoms with van der Waals surface area (Å²) in [5, 5.41) is 8.78. The minimum atomic E-state index is -0.0143. The zero-order valence-electron chi connectivity index (χ0n) is 17.5. The molecule has 9 nitrogen and oxygen atoms in total. The van der Waals surface area contributed by atoms with E-state index >= 15 is 0 Å². The number of nitrogens with zero attached hydrogens (tertiary/aromatic N) is 5. The number of hydrogen-bond acceptors (Lipinski definition) is 7. The first-order valence-electron chi connectivity index (χ1n) is 10.1. The van der Waals surface area contributed by atoms with Gasteiger partial charge in [-0.05, 0) is 33.8 Å². The molecule has 0 amide bonds. The summed E-state index contributed by atoms with van der Waals surface area (Å²) < 4.78 is 13.2. The lowest BCUT2D eigenvalue weighted by molar-refractivity contribution is -0.0168. The van der Waals surface area contributed by atoms with E-state index in [1.165, 1.54) is 0 Å². The third kappa shape index (κ3) is 4.06. The maximum absolute atomic E-state index is 5.68. The number of ether oxygens (including phenoxy) is 2. The smallest absolute Gasteiger partial charge is 0.232 e. The van der Waals surface area contributed by atoms with Gasteiger partial charge in [0.25, 0.3) is 0 Å². The fourth-order valence-electron chi connectivity index (χ4n) is 3.70. The standard InChI is InChI=1S/C20H29N7O2/c1-5-29-18-15-6-7-21-17(15)24-19(25-18)23-16-12-22-27(14(16)2)13-20(3,4)26-8-10-28-11-9-26/h6-7,12H,5,8-11,13H2,1-4H3,(H2,21,23,24,25). The van der Waals surface area contributed by atoms with Crippen molar-refractivity contribution in [3.63, 3.8) is 0 Å². The monoisotopic (exact) mass is 399 g/mol. The molecular weight excluding hydrogens is 370 g/mol. The Morgan fingerprint density at radius 2 is 2.07 bits per heavy atom. The van der Waals surface area contributed by atoms with Crippen molar-refractivity contribution in [2.45, 2.75) is 39.8 Å². The van der Waals surface area contributed by atoms with Crippen LogP contribution in [0.5, 0.6) is 5.88 Å². The van der Waals surface area contributed by atoms with Crippen LogP contribution in [0.4, 0.5) is 11.6 Å². The quantitative estimate of drug-likeness (QED) is 0.631. The molecule has 0 unspecified atom stereocenters. The van der Waals surface area contributed by atoms with Gasteiger partial charge in [0.2, 0.25) is 11.8 Å². The molecule has 0 bridgehead atoms. The summed E-state index contributed by atoms with van der Waals surface area (Å²) in [5.74, 6) is 1.05. The van der Waals surface area contributed by atoms with Crippen LogP contribution in [-0.2, 0) is 11.3 Å². The highest BCUT2D eigenvalue weighted by atomic mass is 16.5. The molecule has 0 radical (unpaired) electrons. The van der Waals surface area contributed by atoms with Crippen LogP contribution in [0.1, 0.15) is 26.5 Å². The molecule has 4 rings (SSSR count). The predicted octanol–water partition coefficient (Wildman–Crippen LogP) is 2.72. The molecule has 1 saturated heterocycles. The van der Waals surface area contributed by atoms with E-state index < -0.39 is 0 Å². The van der Waals surface area contributed by atoms with E-state index in [-0.39, 0.29) is 5.54 Å². The van der Waals surface area contributed by atoms with Gasteiger partial charge in [-0.25, -0.2) is 0 Å². The Bertz CT molecular complexity index is 973. The van der Waals surface area contributed by atoms with Gasteiger partial charge in [-0.3, -0.25) is 9.58 Å². The van der Waals surface area contributed by atoms with Crippen LogP contribution in [0.15, 0.2) is 18.5 Å². The summed E-state index contributed by atoms with van der Waals surface area (Å²) >= 11 is 0. The molecular formula is C20H29N7O2. The van der Waals surface area contributed by atoms with Crippen LogP contribution in [0.3, 0.4) is 0 Å². The number of aromatic amines is 1. The second-order valence-electron chi connectivity index (χ2n) is 7.86. The maximum atomic E-state index is 5.68. The topological polar surface area (TPSA) is 93.1 Å². The molecule has 0 aliphatic carbocycles. The van der Waals surface area contributed by atoms with Gasteiger partial charge in [0.1, 0.15) is 5.65 Å². The molecule has 1 fully saturated rings. The Morgan fingerprint density at radius 3 is 2.83 bits per heavy atom. The minimum absolute atomic E-state index is 0.0143. The second kappa shape index (κ2) is 8.00. The molecule has 0 spiro atoms. The first-order chi connectivity index (χ1) is 14.0. The van der Waals surface area contributed by atoms with E-state index in [1.54, 1.807) is 0 Å². The van der Waals surface area contributed by atoms with Crippen molar-refractivity contribution in [2.75, 3.05) is 38.2 Å². The summed E-state index contributed by atoms with van der Waals surface area (Å²) in [6.07, 6.45) is 3.66. The second-order valence-corrected chi connectivity index (χ2v) is 7.86. The number of H-pyrrole nitrogens is 1. The van der Waals surface area contributed by atoms with Gasteiger partial charge < -0.3 is 19.8 Å². The fraction of sp³-hybridized carbons (Fsp3) is 0.550. The van der Waals surface area contributed by atoms with Crippen LogP contribution >= 0.6 is 0 Å². The van der Waals surface area contributed by atoms with Crippen molar-refractivity contribution in [2.24, 2.45) is 0 Å². The molecule has 4 heterocycles. The first-order valence-corrected chi connectivity index (χ1v) is 10.1. The summed E-state index contributed by atoms with van der Waals surface area (Å²) in [6.45, 7) is 13.3. The van der Waals surface area contributed by atoms with Crippen molar-refractivity contribution in [3.05, 3.63) is 24.2 Å². The molecule has 1 aliphatic heterocycles. The maximum Gasteiger partial charge on any atom is 0.232 e. The first kappa shape index (κ1) is 19.7. The Balaban J connectivity index is 1.54. The van der Waals surface area contributed by atoms with Crippen LogP contribution in [0.2, 0.25) is 0 Å². The Hall–Kier alpha value is -2.65. The average molecular weight is 399 g/mol. The normalized spacial score (nSPS) is 15.7. The van der Waals surface area contributed by atoms with Gasteiger partial charge in [-0.15, -0.1) is 0 Å². The third-order valence-electron chi connectivity index (χ3n) is 5.42. The Kier molecular flexibility index (Phi) is 5.42. The highest BCUT2D eigenvalue weighted by Gasteiger charge is 2.29. The summed E-state index contributed by atoms with van der Waals surface area (Å²) in [5.41, 5.74) is 2.65. The summed E-state index contributed by atoms with van der Waals surface area (Å²) in [7, 11) is 0. The van der Waals surface area contributed by atoms with Gasteiger partial charge in [-0.1, -0.05) is 0 Å². The molecule has 0 aromatic carbocycles. The number of nitrogens with one attached hydrogen (secondary N) is 2. The van der Waals surface area contributed by atoms with Gasteiger partial charge in [0.05, 0.1) is 49.3 Å². The van der Waals surface area contributed by atoms with E-state index in [4.69, 9.17) is 9.47 Å². The number of fused-ring (bicyclic) bond motifs is 1. The number of rotatable bonds is 7. The number of hydrogen-bond donors (Lipinski definition) is 2. The molecule has 156 valence electrons. The lowest BCUT2D eigenvalue weighted by Gasteiger charge is -2.40. The highest BCUT2D eigenvalue weighted by Crippen LogP contribution is 2.27. The van der Waals surface area contributed by atoms with Gasteiger partial charge in [-0.2, -0.15) is 15.1 Å². The summed E-state index contributed by atoms with van der Waals surface area (Å²) in [4.78, 5) is 14.7. The molecule has 0 saturated carbocycles. The average Bonchev–Trinajstić information content (AvgIpc) is 3.31. The molecule has 1 aliphatic rings. The van der Waals surface area contributed by atoms with Gasteiger partial charge in [0.15, 0.2) is 0 Å². The van der Waals surface area contributed by atoms with Crippen LogP contribution in [0.25, 0.3) is 11.0 Å².